The number of amides is 1. The molecule has 0 saturated carbocycles. The van der Waals surface area contributed by atoms with Gasteiger partial charge in [0.25, 0.3) is 5.91 Å². The predicted octanol–water partition coefficient (Wildman–Crippen LogP) is 4.04. The van der Waals surface area contributed by atoms with Gasteiger partial charge in [-0.05, 0) is 67.8 Å². The summed E-state index contributed by atoms with van der Waals surface area (Å²) in [4.78, 5) is 12.4. The van der Waals surface area contributed by atoms with Crippen molar-refractivity contribution in [1.29, 1.82) is 0 Å². The van der Waals surface area contributed by atoms with E-state index in [4.69, 9.17) is 4.74 Å². The van der Waals surface area contributed by atoms with Crippen molar-refractivity contribution >= 4 is 29.7 Å². The summed E-state index contributed by atoms with van der Waals surface area (Å²) in [6, 6.07) is 11.5. The third-order valence-corrected chi connectivity index (χ3v) is 3.83. The molecule has 2 N–H and O–H groups in total. The summed E-state index contributed by atoms with van der Waals surface area (Å²) in [6.07, 6.45) is 0.971. The highest BCUT2D eigenvalue weighted by Crippen LogP contribution is 2.25. The molecule has 1 aliphatic heterocycles. The fourth-order valence-electron chi connectivity index (χ4n) is 2.67. The molecule has 0 fully saturated rings. The fourth-order valence-corrected chi connectivity index (χ4v) is 2.67. The van der Waals surface area contributed by atoms with Crippen LogP contribution < -0.4 is 15.4 Å². The normalized spacial score (nSPS) is 11.9. The second-order valence-electron chi connectivity index (χ2n) is 5.41. The zero-order valence-corrected chi connectivity index (χ0v) is 14.1. The Balaban J connectivity index is 0.00000192. The van der Waals surface area contributed by atoms with Crippen LogP contribution in [0.1, 0.15) is 28.4 Å². The maximum atomic E-state index is 12.4. The van der Waals surface area contributed by atoms with Crippen LogP contribution >= 0.6 is 12.4 Å². The molecule has 0 spiro atoms. The number of halogens is 1. The number of rotatable bonds is 4. The Labute approximate surface area is 142 Å². The van der Waals surface area contributed by atoms with Crippen LogP contribution in [0.3, 0.4) is 0 Å². The second kappa shape index (κ2) is 7.38. The van der Waals surface area contributed by atoms with E-state index in [9.17, 15) is 4.79 Å². The Morgan fingerprint density at radius 3 is 2.83 bits per heavy atom. The molecule has 0 bridgehead atoms. The third-order valence-electron chi connectivity index (χ3n) is 3.83. The first-order chi connectivity index (χ1) is 10.7. The van der Waals surface area contributed by atoms with E-state index in [2.05, 4.69) is 10.6 Å². The third kappa shape index (κ3) is 3.77. The van der Waals surface area contributed by atoms with Gasteiger partial charge in [-0.1, -0.05) is 0 Å². The van der Waals surface area contributed by atoms with Gasteiger partial charge < -0.3 is 15.4 Å². The van der Waals surface area contributed by atoms with Crippen molar-refractivity contribution in [3.8, 4) is 5.75 Å². The molecule has 23 heavy (non-hydrogen) atoms. The molecule has 1 aliphatic rings. The van der Waals surface area contributed by atoms with Crippen LogP contribution in [-0.2, 0) is 6.42 Å². The average molecular weight is 333 g/mol. The van der Waals surface area contributed by atoms with Gasteiger partial charge in [0, 0.05) is 23.5 Å². The predicted molar refractivity (Wildman–Crippen MR) is 96.2 cm³/mol. The van der Waals surface area contributed by atoms with E-state index in [-0.39, 0.29) is 18.3 Å². The standard InChI is InChI=1S/C18H20N2O2.ClH/c1-3-22-15-5-7-16(12(2)10-15)20-18(21)14-4-6-17-13(11-14)8-9-19-17;/h4-7,10-11,19H,3,8-9H2,1-2H3,(H,20,21);1H. The summed E-state index contributed by atoms with van der Waals surface area (Å²) >= 11 is 0. The number of carbonyl (C=O) groups is 1. The van der Waals surface area contributed by atoms with E-state index >= 15 is 0 Å². The number of anilines is 2. The van der Waals surface area contributed by atoms with Crippen molar-refractivity contribution in [1.82, 2.24) is 0 Å². The molecule has 4 nitrogen and oxygen atoms in total. The number of hydrogen-bond acceptors (Lipinski definition) is 3. The minimum atomic E-state index is -0.0815. The molecule has 2 aromatic rings. The maximum Gasteiger partial charge on any atom is 0.255 e. The number of ether oxygens (including phenoxy) is 1. The summed E-state index contributed by atoms with van der Waals surface area (Å²) in [5.74, 6) is 0.739. The summed E-state index contributed by atoms with van der Waals surface area (Å²) in [5.41, 5.74) is 4.83. The minimum absolute atomic E-state index is 0. The number of hydrogen-bond donors (Lipinski definition) is 2. The topological polar surface area (TPSA) is 50.4 Å². The SMILES string of the molecule is CCOc1ccc(NC(=O)c2ccc3c(c2)CCN3)c(C)c1.Cl. The highest BCUT2D eigenvalue weighted by molar-refractivity contribution is 6.05. The van der Waals surface area contributed by atoms with E-state index in [1.165, 1.54) is 5.56 Å². The Hall–Kier alpha value is -2.20. The number of benzene rings is 2. The van der Waals surface area contributed by atoms with Crippen LogP contribution in [0.15, 0.2) is 36.4 Å². The van der Waals surface area contributed by atoms with Crippen molar-refractivity contribution in [3.05, 3.63) is 53.1 Å². The smallest absolute Gasteiger partial charge is 0.255 e. The van der Waals surface area contributed by atoms with Gasteiger partial charge in [0.15, 0.2) is 0 Å². The molecule has 0 unspecified atom stereocenters. The lowest BCUT2D eigenvalue weighted by Gasteiger charge is -2.11. The molecule has 0 aliphatic carbocycles. The van der Waals surface area contributed by atoms with E-state index in [0.29, 0.717) is 12.2 Å². The maximum absolute atomic E-state index is 12.4. The molecular weight excluding hydrogens is 312 g/mol. The second-order valence-corrected chi connectivity index (χ2v) is 5.41. The summed E-state index contributed by atoms with van der Waals surface area (Å²) in [6.45, 7) is 5.49. The lowest BCUT2D eigenvalue weighted by Crippen LogP contribution is -2.13. The molecule has 1 heterocycles. The van der Waals surface area contributed by atoms with E-state index < -0.39 is 0 Å². The molecule has 0 radical (unpaired) electrons. The Morgan fingerprint density at radius 2 is 2.09 bits per heavy atom. The fraction of sp³-hybridized carbons (Fsp3) is 0.278. The zero-order chi connectivity index (χ0) is 15.5. The van der Waals surface area contributed by atoms with Crippen molar-refractivity contribution in [2.24, 2.45) is 0 Å². The van der Waals surface area contributed by atoms with Gasteiger partial charge in [-0.2, -0.15) is 0 Å². The van der Waals surface area contributed by atoms with E-state index in [1.54, 1.807) is 0 Å². The molecule has 0 aromatic heterocycles. The first-order valence-corrected chi connectivity index (χ1v) is 7.59. The summed E-state index contributed by atoms with van der Waals surface area (Å²) in [5, 5.41) is 6.27. The lowest BCUT2D eigenvalue weighted by atomic mass is 10.1. The Morgan fingerprint density at radius 1 is 1.26 bits per heavy atom. The van der Waals surface area contributed by atoms with Crippen LogP contribution in [0.2, 0.25) is 0 Å². The molecule has 122 valence electrons. The summed E-state index contributed by atoms with van der Waals surface area (Å²) in [7, 11) is 0. The first kappa shape index (κ1) is 17.2. The van der Waals surface area contributed by atoms with Gasteiger partial charge in [-0.3, -0.25) is 4.79 Å². The van der Waals surface area contributed by atoms with E-state index in [0.717, 1.165) is 35.7 Å². The van der Waals surface area contributed by atoms with Crippen molar-refractivity contribution < 1.29 is 9.53 Å². The molecule has 3 rings (SSSR count). The van der Waals surface area contributed by atoms with Gasteiger partial charge >= 0.3 is 0 Å². The van der Waals surface area contributed by atoms with Crippen LogP contribution in [0, 0.1) is 6.92 Å². The number of nitrogens with one attached hydrogen (secondary N) is 2. The van der Waals surface area contributed by atoms with Gasteiger partial charge in [0.1, 0.15) is 5.75 Å². The highest BCUT2D eigenvalue weighted by atomic mass is 35.5. The van der Waals surface area contributed by atoms with Gasteiger partial charge in [0.05, 0.1) is 6.61 Å². The summed E-state index contributed by atoms with van der Waals surface area (Å²) < 4.78 is 5.46. The molecule has 0 atom stereocenters. The monoisotopic (exact) mass is 332 g/mol. The molecule has 2 aromatic carbocycles. The lowest BCUT2D eigenvalue weighted by molar-refractivity contribution is 0.102. The molecule has 1 amide bonds. The van der Waals surface area contributed by atoms with Crippen molar-refractivity contribution in [2.75, 3.05) is 23.8 Å². The quantitative estimate of drug-likeness (QED) is 0.888. The molecule has 0 saturated heterocycles. The largest absolute Gasteiger partial charge is 0.494 e. The van der Waals surface area contributed by atoms with E-state index in [1.807, 2.05) is 50.2 Å². The van der Waals surface area contributed by atoms with Gasteiger partial charge in [0.2, 0.25) is 0 Å². The van der Waals surface area contributed by atoms with Gasteiger partial charge in [-0.25, -0.2) is 0 Å². The van der Waals surface area contributed by atoms with Gasteiger partial charge in [-0.15, -0.1) is 12.4 Å². The highest BCUT2D eigenvalue weighted by Gasteiger charge is 2.14. The van der Waals surface area contributed by atoms with Crippen molar-refractivity contribution in [2.45, 2.75) is 20.3 Å². The van der Waals surface area contributed by atoms with Crippen LogP contribution in [0.4, 0.5) is 11.4 Å². The average Bonchev–Trinajstić information content (AvgIpc) is 2.97. The Bertz CT molecular complexity index is 716. The number of fused-ring (bicyclic) bond motifs is 1. The number of carbonyl (C=O) groups excluding carboxylic acids is 1. The van der Waals surface area contributed by atoms with Crippen LogP contribution in [-0.4, -0.2) is 19.1 Å². The Kier molecular flexibility index (Phi) is 5.50. The van der Waals surface area contributed by atoms with Crippen molar-refractivity contribution in [3.63, 3.8) is 0 Å². The molecule has 5 heteroatoms. The van der Waals surface area contributed by atoms with Crippen LogP contribution in [0.25, 0.3) is 0 Å². The van der Waals surface area contributed by atoms with Crippen LogP contribution in [0.5, 0.6) is 5.75 Å². The number of aryl methyl sites for hydroxylation is 1. The minimum Gasteiger partial charge on any atom is -0.494 e. The first-order valence-electron chi connectivity index (χ1n) is 7.59. The zero-order valence-electron chi connectivity index (χ0n) is 13.3. The molecular formula is C18H21ClN2O2.